The minimum Gasteiger partial charge on any atom is -0.478 e. The molecule has 0 saturated heterocycles. The fourth-order valence-corrected chi connectivity index (χ4v) is 5.29. The number of para-hydroxylation sites is 1. The van der Waals surface area contributed by atoms with Crippen LogP contribution in [-0.4, -0.2) is 45.3 Å². The van der Waals surface area contributed by atoms with Crippen molar-refractivity contribution in [3.8, 4) is 0 Å². The molecule has 0 spiro atoms. The van der Waals surface area contributed by atoms with Gasteiger partial charge in [0.15, 0.2) is 0 Å². The lowest BCUT2D eigenvalue weighted by Crippen LogP contribution is -2.30. The van der Waals surface area contributed by atoms with Crippen LogP contribution in [-0.2, 0) is 20.0 Å². The average Bonchev–Trinajstić information content (AvgIpc) is 2.64. The zero-order valence-electron chi connectivity index (χ0n) is 15.7. The number of aromatic carboxylic acids is 1. The molecule has 2 aromatic carbocycles. The van der Waals surface area contributed by atoms with E-state index in [2.05, 4.69) is 4.72 Å². The minimum atomic E-state index is -4.11. The lowest BCUT2D eigenvalue weighted by molar-refractivity contribution is 0.0698. The van der Waals surface area contributed by atoms with Gasteiger partial charge in [0.1, 0.15) is 0 Å². The van der Waals surface area contributed by atoms with Gasteiger partial charge in [0.05, 0.1) is 21.0 Å². The topological polar surface area (TPSA) is 121 Å². The first-order chi connectivity index (χ1) is 13.0. The Morgan fingerprint density at radius 3 is 2.00 bits per heavy atom. The molecule has 0 bridgehead atoms. The Kier molecular flexibility index (Phi) is 6.48. The van der Waals surface area contributed by atoms with Crippen molar-refractivity contribution in [3.63, 3.8) is 0 Å². The highest BCUT2D eigenvalue weighted by Gasteiger charge is 2.24. The van der Waals surface area contributed by atoms with Crippen LogP contribution in [0.3, 0.4) is 0 Å². The van der Waals surface area contributed by atoms with E-state index in [1.165, 1.54) is 40.7 Å². The van der Waals surface area contributed by atoms with Crippen molar-refractivity contribution in [3.05, 3.63) is 53.6 Å². The molecule has 0 radical (unpaired) electrons. The predicted molar refractivity (Wildman–Crippen MR) is 105 cm³/mol. The van der Waals surface area contributed by atoms with Crippen LogP contribution in [0.1, 0.15) is 29.8 Å². The van der Waals surface area contributed by atoms with Crippen molar-refractivity contribution in [1.82, 2.24) is 4.31 Å². The molecule has 2 aromatic rings. The maximum absolute atomic E-state index is 12.7. The minimum absolute atomic E-state index is 0.0164. The third-order valence-corrected chi connectivity index (χ3v) is 7.65. The smallest absolute Gasteiger partial charge is 0.337 e. The van der Waals surface area contributed by atoms with E-state index < -0.39 is 26.0 Å². The third-order valence-electron chi connectivity index (χ3n) is 4.22. The first-order valence-electron chi connectivity index (χ1n) is 8.50. The van der Waals surface area contributed by atoms with Gasteiger partial charge in [-0.3, -0.25) is 4.72 Å². The Hall–Kier alpha value is -2.43. The highest BCUT2D eigenvalue weighted by molar-refractivity contribution is 7.92. The Balaban J connectivity index is 2.40. The molecule has 8 nitrogen and oxygen atoms in total. The molecule has 0 saturated carbocycles. The molecule has 0 amide bonds. The van der Waals surface area contributed by atoms with E-state index in [1.54, 1.807) is 26.8 Å². The van der Waals surface area contributed by atoms with Crippen LogP contribution in [0, 0.1) is 6.92 Å². The first-order valence-corrected chi connectivity index (χ1v) is 11.4. The van der Waals surface area contributed by atoms with E-state index in [4.69, 9.17) is 0 Å². The normalized spacial score (nSPS) is 12.1. The van der Waals surface area contributed by atoms with Crippen LogP contribution in [0.15, 0.2) is 52.3 Å². The first kappa shape index (κ1) is 21.9. The maximum atomic E-state index is 12.7. The number of benzene rings is 2. The number of sulfonamides is 2. The van der Waals surface area contributed by atoms with Gasteiger partial charge in [0.25, 0.3) is 10.0 Å². The van der Waals surface area contributed by atoms with Crippen molar-refractivity contribution in [2.24, 2.45) is 0 Å². The SMILES string of the molecule is CCN(CC)S(=O)(=O)c1ccc(S(=O)(=O)Nc2c(C)cccc2C(=O)O)cc1. The maximum Gasteiger partial charge on any atom is 0.337 e. The Bertz CT molecular complexity index is 1070. The number of hydrogen-bond acceptors (Lipinski definition) is 5. The third kappa shape index (κ3) is 4.34. The van der Waals surface area contributed by atoms with E-state index in [1.807, 2.05) is 0 Å². The quantitative estimate of drug-likeness (QED) is 0.669. The molecule has 0 atom stereocenters. The summed E-state index contributed by atoms with van der Waals surface area (Å²) < 4.78 is 53.9. The van der Waals surface area contributed by atoms with E-state index in [-0.39, 0.29) is 21.0 Å². The average molecular weight is 427 g/mol. The zero-order valence-corrected chi connectivity index (χ0v) is 17.3. The Morgan fingerprint density at radius 2 is 1.50 bits per heavy atom. The van der Waals surface area contributed by atoms with Crippen LogP contribution in [0.2, 0.25) is 0 Å². The number of carbonyl (C=O) groups is 1. The molecule has 0 heterocycles. The summed E-state index contributed by atoms with van der Waals surface area (Å²) in [5.74, 6) is -1.26. The molecule has 0 aliphatic carbocycles. The Morgan fingerprint density at radius 1 is 0.964 bits per heavy atom. The molecule has 0 aromatic heterocycles. The van der Waals surface area contributed by atoms with Crippen LogP contribution in [0.25, 0.3) is 0 Å². The second-order valence-corrected chi connectivity index (χ2v) is 9.59. The highest BCUT2D eigenvalue weighted by atomic mass is 32.2. The molecule has 2 N–H and O–H groups in total. The van der Waals surface area contributed by atoms with Crippen molar-refractivity contribution < 1.29 is 26.7 Å². The summed E-state index contributed by atoms with van der Waals surface area (Å²) in [5, 5.41) is 9.28. The summed E-state index contributed by atoms with van der Waals surface area (Å²) in [6, 6.07) is 9.20. The molecular formula is C18H22N2O6S2. The van der Waals surface area contributed by atoms with Gasteiger partial charge in [0.2, 0.25) is 10.0 Å². The number of hydrogen-bond donors (Lipinski definition) is 2. The number of anilines is 1. The highest BCUT2D eigenvalue weighted by Crippen LogP contribution is 2.25. The molecule has 0 aliphatic rings. The van der Waals surface area contributed by atoms with Gasteiger partial charge in [-0.25, -0.2) is 21.6 Å². The molecule has 0 unspecified atom stereocenters. The second kappa shape index (κ2) is 8.29. The predicted octanol–water partition coefficient (Wildman–Crippen LogP) is 2.52. The number of carboxylic acids is 1. The van der Waals surface area contributed by atoms with Crippen LogP contribution in [0.5, 0.6) is 0 Å². The summed E-state index contributed by atoms with van der Waals surface area (Å²) in [5.41, 5.74) is 0.239. The van der Waals surface area contributed by atoms with Gasteiger partial charge in [-0.15, -0.1) is 0 Å². The monoisotopic (exact) mass is 426 g/mol. The molecule has 0 aliphatic heterocycles. The van der Waals surface area contributed by atoms with Gasteiger partial charge >= 0.3 is 5.97 Å². The lowest BCUT2D eigenvalue weighted by atomic mass is 10.1. The van der Waals surface area contributed by atoms with Crippen LogP contribution >= 0.6 is 0 Å². The number of carboxylic acid groups (broad SMARTS) is 1. The summed E-state index contributed by atoms with van der Waals surface area (Å²) in [6.07, 6.45) is 0. The van der Waals surface area contributed by atoms with Crippen molar-refractivity contribution in [1.29, 1.82) is 0 Å². The Labute approximate surface area is 164 Å². The fourth-order valence-electron chi connectivity index (χ4n) is 2.68. The second-order valence-electron chi connectivity index (χ2n) is 5.97. The lowest BCUT2D eigenvalue weighted by Gasteiger charge is -2.18. The standard InChI is InChI=1S/C18H22N2O6S2/c1-4-20(5-2)28(25,26)15-11-9-14(10-12-15)27(23,24)19-17-13(3)7-6-8-16(17)18(21)22/h6-12,19H,4-5H2,1-3H3,(H,21,22). The van der Waals surface area contributed by atoms with E-state index in [0.29, 0.717) is 18.7 Å². The summed E-state index contributed by atoms with van der Waals surface area (Å²) in [7, 11) is -7.81. The van der Waals surface area contributed by atoms with Gasteiger partial charge in [-0.2, -0.15) is 4.31 Å². The number of nitrogens with one attached hydrogen (secondary N) is 1. The molecule has 0 fully saturated rings. The molecule has 10 heteroatoms. The molecule has 28 heavy (non-hydrogen) atoms. The van der Waals surface area contributed by atoms with Crippen LogP contribution < -0.4 is 4.72 Å². The van der Waals surface area contributed by atoms with E-state index >= 15 is 0 Å². The molecule has 152 valence electrons. The molecular weight excluding hydrogens is 404 g/mol. The van der Waals surface area contributed by atoms with Gasteiger partial charge in [-0.05, 0) is 42.8 Å². The molecule has 2 rings (SSSR count). The summed E-state index contributed by atoms with van der Waals surface area (Å²) >= 11 is 0. The van der Waals surface area contributed by atoms with Gasteiger partial charge in [0, 0.05) is 13.1 Å². The van der Waals surface area contributed by atoms with E-state index in [9.17, 15) is 26.7 Å². The number of aryl methyl sites for hydroxylation is 1. The largest absolute Gasteiger partial charge is 0.478 e. The fraction of sp³-hybridized carbons (Fsp3) is 0.278. The van der Waals surface area contributed by atoms with E-state index in [0.717, 1.165) is 0 Å². The summed E-state index contributed by atoms with van der Waals surface area (Å²) in [4.78, 5) is 11.2. The van der Waals surface area contributed by atoms with Crippen LogP contribution in [0.4, 0.5) is 5.69 Å². The van der Waals surface area contributed by atoms with Crippen molar-refractivity contribution >= 4 is 31.7 Å². The number of rotatable bonds is 8. The number of nitrogens with zero attached hydrogens (tertiary/aromatic N) is 1. The summed E-state index contributed by atoms with van der Waals surface area (Å²) in [6.45, 7) is 5.61. The van der Waals surface area contributed by atoms with Gasteiger partial charge in [-0.1, -0.05) is 26.0 Å². The van der Waals surface area contributed by atoms with Crippen molar-refractivity contribution in [2.45, 2.75) is 30.6 Å². The van der Waals surface area contributed by atoms with Gasteiger partial charge < -0.3 is 5.11 Å². The van der Waals surface area contributed by atoms with Crippen molar-refractivity contribution in [2.75, 3.05) is 17.8 Å². The zero-order chi connectivity index (χ0) is 21.1.